The Bertz CT molecular complexity index is 716. The number of fused-ring (bicyclic) bond motifs is 1. The van der Waals surface area contributed by atoms with E-state index in [1.807, 2.05) is 35.8 Å². The van der Waals surface area contributed by atoms with Gasteiger partial charge in [-0.15, -0.1) is 11.3 Å². The lowest BCUT2D eigenvalue weighted by molar-refractivity contribution is -0.136. The molecule has 4 nitrogen and oxygen atoms in total. The molecule has 2 heterocycles. The van der Waals surface area contributed by atoms with Gasteiger partial charge in [-0.2, -0.15) is 0 Å². The molecule has 19 heavy (non-hydrogen) atoms. The molecule has 0 radical (unpaired) electrons. The van der Waals surface area contributed by atoms with Crippen molar-refractivity contribution in [3.05, 3.63) is 52.6 Å². The summed E-state index contributed by atoms with van der Waals surface area (Å²) in [4.78, 5) is 15.2. The summed E-state index contributed by atoms with van der Waals surface area (Å²) in [5.41, 5.74) is 1.90. The zero-order valence-electron chi connectivity index (χ0n) is 10.1. The quantitative estimate of drug-likeness (QED) is 0.794. The fourth-order valence-electron chi connectivity index (χ4n) is 2.23. The summed E-state index contributed by atoms with van der Waals surface area (Å²) in [5, 5.41) is 12.9. The van der Waals surface area contributed by atoms with Crippen LogP contribution in [-0.2, 0) is 17.8 Å². The Morgan fingerprint density at radius 3 is 2.95 bits per heavy atom. The Labute approximate surface area is 113 Å². The van der Waals surface area contributed by atoms with E-state index in [-0.39, 0.29) is 6.42 Å². The van der Waals surface area contributed by atoms with Gasteiger partial charge in [-0.05, 0) is 11.6 Å². The van der Waals surface area contributed by atoms with Crippen LogP contribution in [0.3, 0.4) is 0 Å². The molecule has 1 N–H and O–H groups in total. The molecule has 0 aliphatic rings. The number of hydrogen-bond donors (Lipinski definition) is 1. The maximum absolute atomic E-state index is 10.9. The van der Waals surface area contributed by atoms with Crippen molar-refractivity contribution >= 4 is 28.2 Å². The number of carbonyl (C=O) groups is 1. The van der Waals surface area contributed by atoms with Crippen LogP contribution in [0.4, 0.5) is 0 Å². The minimum atomic E-state index is -0.808. The van der Waals surface area contributed by atoms with Crippen molar-refractivity contribution < 1.29 is 9.90 Å². The number of thiazole rings is 1. The summed E-state index contributed by atoms with van der Waals surface area (Å²) < 4.78 is 2.06. The first kappa shape index (κ1) is 11.9. The molecule has 0 saturated heterocycles. The third-order valence-electron chi connectivity index (χ3n) is 3.00. The van der Waals surface area contributed by atoms with Gasteiger partial charge in [0.1, 0.15) is 5.01 Å². The van der Waals surface area contributed by atoms with Crippen LogP contribution in [0.5, 0.6) is 0 Å². The highest BCUT2D eigenvalue weighted by molar-refractivity contribution is 7.09. The molecule has 96 valence electrons. The fourth-order valence-corrected chi connectivity index (χ4v) is 2.85. The number of carboxylic acid groups (broad SMARTS) is 1. The molecule has 0 unspecified atom stereocenters. The maximum Gasteiger partial charge on any atom is 0.307 e. The Morgan fingerprint density at radius 1 is 1.37 bits per heavy atom. The highest BCUT2D eigenvalue weighted by atomic mass is 32.1. The molecule has 0 fully saturated rings. The van der Waals surface area contributed by atoms with Crippen LogP contribution in [0, 0.1) is 0 Å². The topological polar surface area (TPSA) is 55.1 Å². The van der Waals surface area contributed by atoms with Crippen molar-refractivity contribution in [2.75, 3.05) is 0 Å². The van der Waals surface area contributed by atoms with Crippen LogP contribution in [0.15, 0.2) is 42.0 Å². The second-order valence-electron chi connectivity index (χ2n) is 4.30. The molecular formula is C14H12N2O2S. The lowest BCUT2D eigenvalue weighted by Crippen LogP contribution is -2.00. The number of rotatable bonds is 4. The molecule has 3 aromatic rings. The van der Waals surface area contributed by atoms with Gasteiger partial charge in [-0.25, -0.2) is 4.98 Å². The van der Waals surface area contributed by atoms with E-state index in [2.05, 4.69) is 9.55 Å². The van der Waals surface area contributed by atoms with Gasteiger partial charge < -0.3 is 9.67 Å². The van der Waals surface area contributed by atoms with Crippen molar-refractivity contribution in [3.8, 4) is 0 Å². The van der Waals surface area contributed by atoms with Crippen molar-refractivity contribution in [1.82, 2.24) is 9.55 Å². The predicted octanol–water partition coefficient (Wildman–Crippen LogP) is 2.77. The van der Waals surface area contributed by atoms with Crippen LogP contribution >= 0.6 is 11.3 Å². The molecule has 0 bridgehead atoms. The molecular weight excluding hydrogens is 260 g/mol. The molecule has 1 aromatic carbocycles. The standard InChI is InChI=1S/C14H12N2O2S/c17-14(18)7-10-8-16(9-13-15-5-6-19-13)12-4-2-1-3-11(10)12/h1-6,8H,7,9H2,(H,17,18). The average molecular weight is 272 g/mol. The first-order valence-electron chi connectivity index (χ1n) is 5.91. The van der Waals surface area contributed by atoms with Crippen molar-refractivity contribution in [2.45, 2.75) is 13.0 Å². The first-order chi connectivity index (χ1) is 9.24. The van der Waals surface area contributed by atoms with Gasteiger partial charge in [0.25, 0.3) is 0 Å². The van der Waals surface area contributed by atoms with E-state index in [0.717, 1.165) is 21.5 Å². The number of aromatic nitrogens is 2. The van der Waals surface area contributed by atoms with Crippen LogP contribution in [-0.4, -0.2) is 20.6 Å². The lowest BCUT2D eigenvalue weighted by atomic mass is 10.1. The number of aliphatic carboxylic acids is 1. The van der Waals surface area contributed by atoms with Crippen molar-refractivity contribution in [3.63, 3.8) is 0 Å². The van der Waals surface area contributed by atoms with Crippen molar-refractivity contribution in [2.24, 2.45) is 0 Å². The highest BCUT2D eigenvalue weighted by Crippen LogP contribution is 2.23. The third kappa shape index (κ3) is 2.37. The number of hydrogen-bond acceptors (Lipinski definition) is 3. The Hall–Kier alpha value is -2.14. The zero-order valence-corrected chi connectivity index (χ0v) is 10.9. The van der Waals surface area contributed by atoms with Gasteiger partial charge in [-0.3, -0.25) is 4.79 Å². The Kier molecular flexibility index (Phi) is 3.05. The van der Waals surface area contributed by atoms with Crippen molar-refractivity contribution in [1.29, 1.82) is 0 Å². The van der Waals surface area contributed by atoms with E-state index >= 15 is 0 Å². The Morgan fingerprint density at radius 2 is 2.21 bits per heavy atom. The molecule has 0 atom stereocenters. The van der Waals surface area contributed by atoms with E-state index in [1.165, 1.54) is 0 Å². The molecule has 0 amide bonds. The second-order valence-corrected chi connectivity index (χ2v) is 5.27. The molecule has 0 aliphatic carbocycles. The van der Waals surface area contributed by atoms with Gasteiger partial charge in [0.15, 0.2) is 0 Å². The van der Waals surface area contributed by atoms with Crippen LogP contribution in [0.1, 0.15) is 10.6 Å². The summed E-state index contributed by atoms with van der Waals surface area (Å²) in [6.07, 6.45) is 3.75. The van der Waals surface area contributed by atoms with E-state index in [4.69, 9.17) is 5.11 Å². The van der Waals surface area contributed by atoms with Gasteiger partial charge in [0, 0.05) is 28.7 Å². The summed E-state index contributed by atoms with van der Waals surface area (Å²) in [6.45, 7) is 0.678. The summed E-state index contributed by atoms with van der Waals surface area (Å²) in [5.74, 6) is -0.808. The van der Waals surface area contributed by atoms with E-state index < -0.39 is 5.97 Å². The fraction of sp³-hybridized carbons (Fsp3) is 0.143. The van der Waals surface area contributed by atoms with E-state index in [9.17, 15) is 4.79 Å². The van der Waals surface area contributed by atoms with Crippen LogP contribution in [0.2, 0.25) is 0 Å². The monoisotopic (exact) mass is 272 g/mol. The van der Waals surface area contributed by atoms with Gasteiger partial charge >= 0.3 is 5.97 Å². The second kappa shape index (κ2) is 4.85. The molecule has 0 saturated carbocycles. The maximum atomic E-state index is 10.9. The number of nitrogens with zero attached hydrogens (tertiary/aromatic N) is 2. The molecule has 3 rings (SSSR count). The normalized spacial score (nSPS) is 10.9. The van der Waals surface area contributed by atoms with Gasteiger partial charge in [0.05, 0.1) is 13.0 Å². The first-order valence-corrected chi connectivity index (χ1v) is 6.79. The molecule has 0 aliphatic heterocycles. The number of benzene rings is 1. The molecule has 2 aromatic heterocycles. The highest BCUT2D eigenvalue weighted by Gasteiger charge is 2.11. The molecule has 0 spiro atoms. The van der Waals surface area contributed by atoms with E-state index in [1.54, 1.807) is 17.5 Å². The largest absolute Gasteiger partial charge is 0.481 e. The number of carboxylic acids is 1. The molecule has 5 heteroatoms. The minimum Gasteiger partial charge on any atom is -0.481 e. The van der Waals surface area contributed by atoms with Gasteiger partial charge in [0.2, 0.25) is 0 Å². The van der Waals surface area contributed by atoms with Crippen LogP contribution < -0.4 is 0 Å². The Balaban J connectivity index is 2.06. The predicted molar refractivity (Wildman–Crippen MR) is 74.5 cm³/mol. The van der Waals surface area contributed by atoms with E-state index in [0.29, 0.717) is 6.54 Å². The lowest BCUT2D eigenvalue weighted by Gasteiger charge is -2.01. The van der Waals surface area contributed by atoms with Crippen LogP contribution in [0.25, 0.3) is 10.9 Å². The third-order valence-corrected chi connectivity index (χ3v) is 3.77. The summed E-state index contributed by atoms with van der Waals surface area (Å²) >= 11 is 1.60. The minimum absolute atomic E-state index is 0.0470. The summed E-state index contributed by atoms with van der Waals surface area (Å²) in [6, 6.07) is 7.87. The smallest absolute Gasteiger partial charge is 0.307 e. The SMILES string of the molecule is O=C(O)Cc1cn(Cc2nccs2)c2ccccc12. The zero-order chi connectivity index (χ0) is 13.2. The van der Waals surface area contributed by atoms with Gasteiger partial charge in [-0.1, -0.05) is 18.2 Å². The average Bonchev–Trinajstić information content (AvgIpc) is 2.99. The summed E-state index contributed by atoms with van der Waals surface area (Å²) in [7, 11) is 0. The number of para-hydroxylation sites is 1.